The zero-order valence-corrected chi connectivity index (χ0v) is 13.0. The van der Waals surface area contributed by atoms with E-state index in [0.717, 1.165) is 24.9 Å². The average Bonchev–Trinajstić information content (AvgIpc) is 2.56. The van der Waals surface area contributed by atoms with Crippen LogP contribution in [0.4, 0.5) is 5.69 Å². The monoisotopic (exact) mass is 294 g/mol. The fourth-order valence-corrected chi connectivity index (χ4v) is 3.06. The highest BCUT2D eigenvalue weighted by molar-refractivity contribution is 5.82. The normalized spacial score (nSPS) is 15.0. The van der Waals surface area contributed by atoms with E-state index in [1.54, 1.807) is 0 Å². The van der Waals surface area contributed by atoms with Crippen LogP contribution < -0.4 is 10.2 Å². The highest BCUT2D eigenvalue weighted by Crippen LogP contribution is 2.26. The summed E-state index contributed by atoms with van der Waals surface area (Å²) in [5, 5.41) is 3.09. The van der Waals surface area contributed by atoms with E-state index < -0.39 is 0 Å². The van der Waals surface area contributed by atoms with E-state index in [2.05, 4.69) is 28.4 Å². The van der Waals surface area contributed by atoms with Crippen LogP contribution in [0.25, 0.3) is 0 Å². The molecule has 0 fully saturated rings. The molecule has 22 heavy (non-hydrogen) atoms. The molecule has 0 saturated carbocycles. The maximum Gasteiger partial charge on any atom is 0.239 e. The van der Waals surface area contributed by atoms with Gasteiger partial charge in [-0.25, -0.2) is 0 Å². The quantitative estimate of drug-likeness (QED) is 0.938. The predicted molar refractivity (Wildman–Crippen MR) is 90.0 cm³/mol. The van der Waals surface area contributed by atoms with Crippen LogP contribution >= 0.6 is 0 Å². The Morgan fingerprint density at radius 1 is 1.14 bits per heavy atom. The van der Waals surface area contributed by atoms with Gasteiger partial charge in [0.15, 0.2) is 0 Å². The second-order valence-corrected chi connectivity index (χ2v) is 5.85. The van der Waals surface area contributed by atoms with Gasteiger partial charge in [0.25, 0.3) is 0 Å². The van der Waals surface area contributed by atoms with Crippen LogP contribution in [-0.4, -0.2) is 19.0 Å². The van der Waals surface area contributed by atoms with E-state index in [9.17, 15) is 4.79 Å². The lowest BCUT2D eigenvalue weighted by Gasteiger charge is -2.31. The van der Waals surface area contributed by atoms with Crippen molar-refractivity contribution in [2.24, 2.45) is 0 Å². The summed E-state index contributed by atoms with van der Waals surface area (Å²) < 4.78 is 0. The van der Waals surface area contributed by atoms with E-state index in [1.165, 1.54) is 11.3 Å². The second-order valence-electron chi connectivity index (χ2n) is 5.85. The summed E-state index contributed by atoms with van der Waals surface area (Å²) in [6.45, 7) is 3.40. The number of anilines is 1. The molecule has 0 radical (unpaired) electrons. The number of aryl methyl sites for hydroxylation is 1. The van der Waals surface area contributed by atoms with Crippen LogP contribution in [0.2, 0.25) is 0 Å². The summed E-state index contributed by atoms with van der Waals surface area (Å²) in [6.07, 6.45) is 2.22. The zero-order chi connectivity index (χ0) is 15.4. The highest BCUT2D eigenvalue weighted by Gasteiger charge is 2.19. The van der Waals surface area contributed by atoms with Crippen LogP contribution in [0, 0.1) is 0 Å². The minimum Gasteiger partial charge on any atom is -0.362 e. The number of carbonyl (C=O) groups is 1. The van der Waals surface area contributed by atoms with Crippen LogP contribution in [-0.2, 0) is 11.2 Å². The molecule has 0 aromatic heterocycles. The van der Waals surface area contributed by atoms with Gasteiger partial charge < -0.3 is 10.2 Å². The Balaban J connectivity index is 1.63. The minimum atomic E-state index is 0.0359. The predicted octanol–water partition coefficient (Wildman–Crippen LogP) is 3.32. The number of carbonyl (C=O) groups excluding carboxylic acids is 1. The Morgan fingerprint density at radius 2 is 1.86 bits per heavy atom. The highest BCUT2D eigenvalue weighted by atomic mass is 16.2. The van der Waals surface area contributed by atoms with Gasteiger partial charge in [-0.2, -0.15) is 0 Å². The summed E-state index contributed by atoms with van der Waals surface area (Å²) in [6, 6.07) is 18.5. The third kappa shape index (κ3) is 3.30. The standard InChI is InChI=1S/C19H22N2O/c1-15(16-8-3-2-4-9-16)20-19(22)14-21-13-7-11-17-10-5-6-12-18(17)21/h2-6,8-10,12,15H,7,11,13-14H2,1H3,(H,20,22)/t15-/m0/s1. The van der Waals surface area contributed by atoms with Crippen molar-refractivity contribution in [1.82, 2.24) is 5.32 Å². The first-order valence-corrected chi connectivity index (χ1v) is 7.91. The molecule has 1 heterocycles. The molecule has 0 saturated heterocycles. The number of hydrogen-bond acceptors (Lipinski definition) is 2. The van der Waals surface area contributed by atoms with Gasteiger partial charge in [0.05, 0.1) is 12.6 Å². The molecule has 3 rings (SSSR count). The van der Waals surface area contributed by atoms with E-state index in [-0.39, 0.29) is 11.9 Å². The average molecular weight is 294 g/mol. The number of fused-ring (bicyclic) bond motifs is 1. The fraction of sp³-hybridized carbons (Fsp3) is 0.316. The van der Waals surface area contributed by atoms with Crippen molar-refractivity contribution in [1.29, 1.82) is 0 Å². The van der Waals surface area contributed by atoms with Crippen molar-refractivity contribution in [2.45, 2.75) is 25.8 Å². The SMILES string of the molecule is C[C@H](NC(=O)CN1CCCc2ccccc21)c1ccccc1. The van der Waals surface area contributed by atoms with Crippen molar-refractivity contribution in [3.63, 3.8) is 0 Å². The summed E-state index contributed by atoms with van der Waals surface area (Å²) in [7, 11) is 0. The van der Waals surface area contributed by atoms with Crippen molar-refractivity contribution < 1.29 is 4.79 Å². The number of hydrogen-bond donors (Lipinski definition) is 1. The molecule has 0 spiro atoms. The first kappa shape index (κ1) is 14.6. The summed E-state index contributed by atoms with van der Waals surface area (Å²) in [4.78, 5) is 14.5. The maximum atomic E-state index is 12.4. The smallest absolute Gasteiger partial charge is 0.239 e. The second kappa shape index (κ2) is 6.65. The minimum absolute atomic E-state index is 0.0359. The van der Waals surface area contributed by atoms with Gasteiger partial charge >= 0.3 is 0 Å². The lowest BCUT2D eigenvalue weighted by Crippen LogP contribution is -2.40. The lowest BCUT2D eigenvalue weighted by molar-refractivity contribution is -0.120. The Morgan fingerprint density at radius 3 is 2.68 bits per heavy atom. The van der Waals surface area contributed by atoms with Crippen LogP contribution in [0.1, 0.15) is 30.5 Å². The van der Waals surface area contributed by atoms with Crippen molar-refractivity contribution in [3.8, 4) is 0 Å². The fourth-order valence-electron chi connectivity index (χ4n) is 3.06. The number of nitrogens with zero attached hydrogens (tertiary/aromatic N) is 1. The van der Waals surface area contributed by atoms with E-state index in [4.69, 9.17) is 0 Å². The molecule has 1 aliphatic heterocycles. The molecular formula is C19H22N2O. The molecule has 0 aliphatic carbocycles. The molecule has 1 atom stereocenters. The molecule has 1 aliphatic rings. The summed E-state index contributed by atoms with van der Waals surface area (Å²) >= 11 is 0. The van der Waals surface area contributed by atoms with Crippen LogP contribution in [0.5, 0.6) is 0 Å². The third-order valence-corrected chi connectivity index (χ3v) is 4.22. The number of nitrogens with one attached hydrogen (secondary N) is 1. The molecule has 1 amide bonds. The third-order valence-electron chi connectivity index (χ3n) is 4.22. The van der Waals surface area contributed by atoms with Gasteiger partial charge in [-0.15, -0.1) is 0 Å². The lowest BCUT2D eigenvalue weighted by atomic mass is 10.0. The molecule has 2 aromatic rings. The van der Waals surface area contributed by atoms with Gasteiger partial charge in [0.1, 0.15) is 0 Å². The topological polar surface area (TPSA) is 32.3 Å². The molecule has 114 valence electrons. The summed E-state index contributed by atoms with van der Waals surface area (Å²) in [5.74, 6) is 0.0769. The molecule has 2 aromatic carbocycles. The van der Waals surface area contributed by atoms with Crippen molar-refractivity contribution in [2.75, 3.05) is 18.0 Å². The Hall–Kier alpha value is -2.29. The first-order chi connectivity index (χ1) is 10.7. The largest absolute Gasteiger partial charge is 0.362 e. The van der Waals surface area contributed by atoms with E-state index in [1.807, 2.05) is 43.3 Å². The van der Waals surface area contributed by atoms with Gasteiger partial charge in [-0.05, 0) is 37.0 Å². The number of benzene rings is 2. The Kier molecular flexibility index (Phi) is 4.42. The van der Waals surface area contributed by atoms with Gasteiger partial charge in [-0.3, -0.25) is 4.79 Å². The Bertz CT molecular complexity index is 639. The van der Waals surface area contributed by atoms with Gasteiger partial charge in [-0.1, -0.05) is 48.5 Å². The van der Waals surface area contributed by atoms with E-state index >= 15 is 0 Å². The molecule has 3 heteroatoms. The maximum absolute atomic E-state index is 12.4. The summed E-state index contributed by atoms with van der Waals surface area (Å²) in [5.41, 5.74) is 3.68. The van der Waals surface area contributed by atoms with Gasteiger partial charge in [0, 0.05) is 12.2 Å². The molecule has 3 nitrogen and oxygen atoms in total. The zero-order valence-electron chi connectivity index (χ0n) is 13.0. The number of rotatable bonds is 4. The number of amides is 1. The molecule has 1 N–H and O–H groups in total. The van der Waals surface area contributed by atoms with E-state index in [0.29, 0.717) is 6.54 Å². The van der Waals surface area contributed by atoms with Crippen LogP contribution in [0.3, 0.4) is 0 Å². The molecule has 0 bridgehead atoms. The van der Waals surface area contributed by atoms with Crippen LogP contribution in [0.15, 0.2) is 54.6 Å². The molecule has 0 unspecified atom stereocenters. The molecular weight excluding hydrogens is 272 g/mol. The van der Waals surface area contributed by atoms with Crippen molar-refractivity contribution in [3.05, 3.63) is 65.7 Å². The van der Waals surface area contributed by atoms with Gasteiger partial charge in [0.2, 0.25) is 5.91 Å². The first-order valence-electron chi connectivity index (χ1n) is 7.91. The van der Waals surface area contributed by atoms with Crippen molar-refractivity contribution >= 4 is 11.6 Å². The number of para-hydroxylation sites is 1. The Labute approximate surface area is 132 Å².